The zero-order valence-corrected chi connectivity index (χ0v) is 15.2. The summed E-state index contributed by atoms with van der Waals surface area (Å²) in [5, 5.41) is 3.03. The molecular weight excluding hydrogens is 332 g/mol. The Hall–Kier alpha value is -1.79. The molecule has 1 N–H and O–H groups in total. The predicted octanol–water partition coefficient (Wildman–Crippen LogP) is 3.28. The fourth-order valence-corrected chi connectivity index (χ4v) is 3.58. The van der Waals surface area contributed by atoms with Crippen molar-refractivity contribution in [2.45, 2.75) is 44.2 Å². The van der Waals surface area contributed by atoms with Crippen LogP contribution in [0.15, 0.2) is 24.3 Å². The highest BCUT2D eigenvalue weighted by Crippen LogP contribution is 2.30. The largest absolute Gasteiger partial charge is 0.491 e. The first-order valence-corrected chi connectivity index (χ1v) is 9.78. The molecule has 0 bridgehead atoms. The summed E-state index contributed by atoms with van der Waals surface area (Å²) in [6.07, 6.45) is 5.66. The molecule has 26 heavy (non-hydrogen) atoms. The molecule has 0 spiro atoms. The Kier molecular flexibility index (Phi) is 5.60. The monoisotopic (exact) mass is 360 g/mol. The zero-order valence-electron chi connectivity index (χ0n) is 15.2. The molecular formula is C20H28N2O4. The van der Waals surface area contributed by atoms with Gasteiger partial charge in [0.25, 0.3) is 0 Å². The molecule has 6 nitrogen and oxygen atoms in total. The number of rotatable bonds is 7. The van der Waals surface area contributed by atoms with Gasteiger partial charge >= 0.3 is 6.03 Å². The lowest BCUT2D eigenvalue weighted by molar-refractivity contribution is 0.0679. The van der Waals surface area contributed by atoms with Gasteiger partial charge in [0.1, 0.15) is 12.4 Å². The van der Waals surface area contributed by atoms with Gasteiger partial charge in [-0.3, -0.25) is 0 Å². The summed E-state index contributed by atoms with van der Waals surface area (Å²) in [5.74, 6) is 1.27. The van der Waals surface area contributed by atoms with E-state index in [1.807, 2.05) is 29.2 Å². The van der Waals surface area contributed by atoms with Crippen molar-refractivity contribution in [3.8, 4) is 5.75 Å². The predicted molar refractivity (Wildman–Crippen MR) is 98.6 cm³/mol. The number of hydrogen-bond acceptors (Lipinski definition) is 4. The lowest BCUT2D eigenvalue weighted by Gasteiger charge is -2.25. The van der Waals surface area contributed by atoms with Gasteiger partial charge in [0, 0.05) is 37.4 Å². The zero-order chi connectivity index (χ0) is 17.8. The second-order valence-electron chi connectivity index (χ2n) is 7.51. The van der Waals surface area contributed by atoms with Crippen molar-refractivity contribution in [2.24, 2.45) is 5.92 Å². The number of amides is 2. The number of nitrogens with one attached hydrogen (secondary N) is 1. The Morgan fingerprint density at radius 3 is 2.65 bits per heavy atom. The average molecular weight is 360 g/mol. The van der Waals surface area contributed by atoms with Crippen LogP contribution in [0.2, 0.25) is 0 Å². The molecule has 3 fully saturated rings. The summed E-state index contributed by atoms with van der Waals surface area (Å²) in [6.45, 7) is 3.80. The van der Waals surface area contributed by atoms with E-state index in [4.69, 9.17) is 14.2 Å². The van der Waals surface area contributed by atoms with Crippen molar-refractivity contribution in [3.05, 3.63) is 24.3 Å². The number of benzene rings is 1. The first-order chi connectivity index (χ1) is 12.8. The molecule has 1 saturated carbocycles. The van der Waals surface area contributed by atoms with E-state index in [2.05, 4.69) is 5.32 Å². The van der Waals surface area contributed by atoms with Gasteiger partial charge < -0.3 is 24.4 Å². The van der Waals surface area contributed by atoms with Crippen LogP contribution in [0.3, 0.4) is 0 Å². The average Bonchev–Trinajstić information content (AvgIpc) is 3.13. The van der Waals surface area contributed by atoms with Gasteiger partial charge in [-0.05, 0) is 56.4 Å². The molecule has 2 aliphatic heterocycles. The second-order valence-corrected chi connectivity index (χ2v) is 7.51. The van der Waals surface area contributed by atoms with Crippen LogP contribution in [-0.2, 0) is 9.47 Å². The fourth-order valence-electron chi connectivity index (χ4n) is 3.58. The summed E-state index contributed by atoms with van der Waals surface area (Å²) in [6, 6.07) is 7.98. The van der Waals surface area contributed by atoms with Crippen molar-refractivity contribution < 1.29 is 19.0 Å². The van der Waals surface area contributed by atoms with Crippen molar-refractivity contribution in [1.29, 1.82) is 0 Å². The maximum atomic E-state index is 12.7. The number of urea groups is 1. The lowest BCUT2D eigenvalue weighted by Crippen LogP contribution is -2.40. The van der Waals surface area contributed by atoms with Crippen LogP contribution in [0.5, 0.6) is 5.75 Å². The molecule has 1 aromatic rings. The standard InChI is InChI=1S/C20H28N2O4/c23-20(22(17-5-6-17)12-15-9-11-24-13-15)21-16-3-7-18(8-4-16)26-14-19-2-1-10-25-19/h3-4,7-8,15,17,19H,1-2,5-6,9-14H2,(H,21,23)/t15-,19+/m1/s1. The van der Waals surface area contributed by atoms with Gasteiger partial charge in [0.2, 0.25) is 0 Å². The van der Waals surface area contributed by atoms with Crippen molar-refractivity contribution in [3.63, 3.8) is 0 Å². The minimum absolute atomic E-state index is 0.00701. The third-order valence-electron chi connectivity index (χ3n) is 5.29. The molecule has 142 valence electrons. The Labute approximate surface area is 154 Å². The van der Waals surface area contributed by atoms with E-state index in [9.17, 15) is 4.79 Å². The van der Waals surface area contributed by atoms with Crippen LogP contribution < -0.4 is 10.1 Å². The molecule has 0 unspecified atom stereocenters. The SMILES string of the molecule is O=C(Nc1ccc(OC[C@@H]2CCCO2)cc1)N(C[C@H]1CCOC1)C1CC1. The highest BCUT2D eigenvalue weighted by atomic mass is 16.5. The van der Waals surface area contributed by atoms with E-state index in [0.29, 0.717) is 18.6 Å². The van der Waals surface area contributed by atoms with Crippen LogP contribution in [0, 0.1) is 5.92 Å². The van der Waals surface area contributed by atoms with Gasteiger partial charge in [-0.25, -0.2) is 4.79 Å². The number of hydrogen-bond donors (Lipinski definition) is 1. The van der Waals surface area contributed by atoms with E-state index in [0.717, 1.165) is 69.9 Å². The van der Waals surface area contributed by atoms with Gasteiger partial charge in [0.05, 0.1) is 12.7 Å². The number of carbonyl (C=O) groups is 1. The Morgan fingerprint density at radius 2 is 2.00 bits per heavy atom. The van der Waals surface area contributed by atoms with Gasteiger partial charge in [-0.15, -0.1) is 0 Å². The van der Waals surface area contributed by atoms with E-state index in [-0.39, 0.29) is 12.1 Å². The quantitative estimate of drug-likeness (QED) is 0.811. The maximum absolute atomic E-state index is 12.7. The summed E-state index contributed by atoms with van der Waals surface area (Å²) in [4.78, 5) is 14.7. The molecule has 1 aromatic carbocycles. The number of anilines is 1. The van der Waals surface area contributed by atoms with Gasteiger partial charge in [0.15, 0.2) is 0 Å². The fraction of sp³-hybridized carbons (Fsp3) is 0.650. The van der Waals surface area contributed by atoms with Crippen LogP contribution in [0.25, 0.3) is 0 Å². The lowest BCUT2D eigenvalue weighted by atomic mass is 10.1. The first-order valence-electron chi connectivity index (χ1n) is 9.78. The number of nitrogens with zero attached hydrogens (tertiary/aromatic N) is 1. The van der Waals surface area contributed by atoms with Crippen molar-refractivity contribution in [2.75, 3.05) is 38.3 Å². The van der Waals surface area contributed by atoms with Crippen LogP contribution in [-0.4, -0.2) is 56.0 Å². The third kappa shape index (κ3) is 4.68. The summed E-state index contributed by atoms with van der Waals surface area (Å²) in [7, 11) is 0. The molecule has 2 amide bonds. The number of ether oxygens (including phenoxy) is 3. The number of carbonyl (C=O) groups excluding carboxylic acids is 1. The molecule has 1 aliphatic carbocycles. The Bertz CT molecular complexity index is 590. The van der Waals surface area contributed by atoms with Crippen molar-refractivity contribution >= 4 is 11.7 Å². The van der Waals surface area contributed by atoms with E-state index < -0.39 is 0 Å². The molecule has 2 atom stereocenters. The Morgan fingerprint density at radius 1 is 1.15 bits per heavy atom. The summed E-state index contributed by atoms with van der Waals surface area (Å²) in [5.41, 5.74) is 0.799. The second kappa shape index (κ2) is 8.27. The van der Waals surface area contributed by atoms with Crippen LogP contribution in [0.4, 0.5) is 10.5 Å². The molecule has 2 saturated heterocycles. The van der Waals surface area contributed by atoms with E-state index in [1.54, 1.807) is 0 Å². The molecule has 6 heteroatoms. The maximum Gasteiger partial charge on any atom is 0.322 e. The third-order valence-corrected chi connectivity index (χ3v) is 5.29. The topological polar surface area (TPSA) is 60.0 Å². The normalized spacial score (nSPS) is 25.2. The molecule has 0 radical (unpaired) electrons. The Balaban J connectivity index is 1.28. The van der Waals surface area contributed by atoms with E-state index >= 15 is 0 Å². The summed E-state index contributed by atoms with van der Waals surface area (Å²) < 4.78 is 16.8. The molecule has 2 heterocycles. The smallest absolute Gasteiger partial charge is 0.322 e. The minimum atomic E-state index is -0.00701. The van der Waals surface area contributed by atoms with Crippen LogP contribution in [0.1, 0.15) is 32.1 Å². The van der Waals surface area contributed by atoms with Gasteiger partial charge in [-0.1, -0.05) is 0 Å². The van der Waals surface area contributed by atoms with E-state index in [1.165, 1.54) is 0 Å². The highest BCUT2D eigenvalue weighted by molar-refractivity contribution is 5.89. The minimum Gasteiger partial charge on any atom is -0.491 e. The van der Waals surface area contributed by atoms with Crippen molar-refractivity contribution in [1.82, 2.24) is 4.90 Å². The summed E-state index contributed by atoms with van der Waals surface area (Å²) >= 11 is 0. The van der Waals surface area contributed by atoms with Gasteiger partial charge in [-0.2, -0.15) is 0 Å². The van der Waals surface area contributed by atoms with Crippen LogP contribution >= 0.6 is 0 Å². The molecule has 4 rings (SSSR count). The first kappa shape index (κ1) is 17.6. The molecule has 0 aromatic heterocycles. The molecule has 3 aliphatic rings. The highest BCUT2D eigenvalue weighted by Gasteiger charge is 2.34.